The molecule has 1 unspecified atom stereocenters. The van der Waals surface area contributed by atoms with Gasteiger partial charge in [0.15, 0.2) is 0 Å². The van der Waals surface area contributed by atoms with Crippen molar-refractivity contribution in [1.82, 2.24) is 9.88 Å². The van der Waals surface area contributed by atoms with Gasteiger partial charge in [-0.25, -0.2) is 4.98 Å². The molecule has 5 heteroatoms. The van der Waals surface area contributed by atoms with Crippen LogP contribution in [0.5, 0.6) is 0 Å². The third-order valence-electron chi connectivity index (χ3n) is 4.23. The lowest BCUT2D eigenvalue weighted by Gasteiger charge is -2.30. The molecule has 2 aromatic rings. The van der Waals surface area contributed by atoms with Crippen LogP contribution >= 0.6 is 11.3 Å². The molecule has 130 valence electrons. The molecule has 1 aromatic carbocycles. The normalized spacial score (nSPS) is 12.2. The van der Waals surface area contributed by atoms with Gasteiger partial charge in [0, 0.05) is 24.4 Å². The molecule has 0 fully saturated rings. The number of hydrogen-bond donors (Lipinski definition) is 1. The SMILES string of the molecule is CCC(Cc1ccc(C)cc1)N(CC)C(=O)c1csc(CCN)n1. The number of likely N-dealkylation sites (N-methyl/N-ethyl adjacent to an activating group) is 1. The number of aromatic nitrogens is 1. The predicted molar refractivity (Wildman–Crippen MR) is 101 cm³/mol. The van der Waals surface area contributed by atoms with Gasteiger partial charge in [-0.2, -0.15) is 0 Å². The molecule has 0 saturated carbocycles. The molecule has 1 aromatic heterocycles. The van der Waals surface area contributed by atoms with Crippen LogP contribution in [0.4, 0.5) is 0 Å². The smallest absolute Gasteiger partial charge is 0.273 e. The number of nitrogens with zero attached hydrogens (tertiary/aromatic N) is 2. The summed E-state index contributed by atoms with van der Waals surface area (Å²) in [5, 5.41) is 2.79. The fourth-order valence-corrected chi connectivity index (χ4v) is 3.62. The molecule has 24 heavy (non-hydrogen) atoms. The molecule has 1 amide bonds. The number of nitrogens with two attached hydrogens (primary N) is 1. The van der Waals surface area contributed by atoms with E-state index in [0.29, 0.717) is 18.8 Å². The van der Waals surface area contributed by atoms with Crippen molar-refractivity contribution in [1.29, 1.82) is 0 Å². The summed E-state index contributed by atoms with van der Waals surface area (Å²) in [5.74, 6) is 0.0241. The molecule has 0 radical (unpaired) electrons. The molecular weight excluding hydrogens is 318 g/mol. The quantitative estimate of drug-likeness (QED) is 0.797. The summed E-state index contributed by atoms with van der Waals surface area (Å²) in [6.45, 7) is 7.50. The average molecular weight is 346 g/mol. The third kappa shape index (κ3) is 4.65. The number of amides is 1. The number of hydrogen-bond acceptors (Lipinski definition) is 4. The number of thiazole rings is 1. The van der Waals surface area contributed by atoms with Crippen molar-refractivity contribution in [3.05, 3.63) is 51.5 Å². The van der Waals surface area contributed by atoms with Gasteiger partial charge in [-0.15, -0.1) is 11.3 Å². The predicted octanol–water partition coefficient (Wildman–Crippen LogP) is 3.44. The second kappa shape index (κ2) is 8.94. The van der Waals surface area contributed by atoms with Gasteiger partial charge < -0.3 is 10.6 Å². The summed E-state index contributed by atoms with van der Waals surface area (Å²) in [6.07, 6.45) is 2.52. The Kier molecular flexibility index (Phi) is 6.94. The molecule has 0 bridgehead atoms. The monoisotopic (exact) mass is 345 g/mol. The highest BCUT2D eigenvalue weighted by Crippen LogP contribution is 2.18. The first kappa shape index (κ1) is 18.6. The molecule has 0 saturated heterocycles. The summed E-state index contributed by atoms with van der Waals surface area (Å²) >= 11 is 1.52. The zero-order valence-corrected chi connectivity index (χ0v) is 15.6. The van der Waals surface area contributed by atoms with Crippen LogP contribution in [0.25, 0.3) is 0 Å². The fraction of sp³-hybridized carbons (Fsp3) is 0.474. The van der Waals surface area contributed by atoms with Crippen LogP contribution in [0.2, 0.25) is 0 Å². The maximum absolute atomic E-state index is 12.9. The van der Waals surface area contributed by atoms with Crippen LogP contribution in [-0.4, -0.2) is 34.9 Å². The Morgan fingerprint density at radius 2 is 2.00 bits per heavy atom. The number of rotatable bonds is 8. The first-order chi connectivity index (χ1) is 11.6. The standard InChI is InChI=1S/C19H27N3OS/c1-4-16(12-15-8-6-14(3)7-9-15)22(5-2)19(23)17-13-24-18(21-17)10-11-20/h6-9,13,16H,4-5,10-12,20H2,1-3H3. The van der Waals surface area contributed by atoms with Gasteiger partial charge in [0.25, 0.3) is 5.91 Å². The number of carbonyl (C=O) groups is 1. The van der Waals surface area contributed by atoms with Gasteiger partial charge >= 0.3 is 0 Å². The lowest BCUT2D eigenvalue weighted by molar-refractivity contribution is 0.0678. The minimum absolute atomic E-state index is 0.0241. The highest BCUT2D eigenvalue weighted by atomic mass is 32.1. The van der Waals surface area contributed by atoms with E-state index >= 15 is 0 Å². The summed E-state index contributed by atoms with van der Waals surface area (Å²) < 4.78 is 0. The Morgan fingerprint density at radius 1 is 1.29 bits per heavy atom. The first-order valence-corrected chi connectivity index (χ1v) is 9.47. The maximum atomic E-state index is 12.9. The molecule has 2 rings (SSSR count). The zero-order valence-electron chi connectivity index (χ0n) is 14.8. The summed E-state index contributed by atoms with van der Waals surface area (Å²) in [7, 11) is 0. The van der Waals surface area contributed by atoms with Gasteiger partial charge in [0.2, 0.25) is 0 Å². The zero-order chi connectivity index (χ0) is 17.5. The van der Waals surface area contributed by atoms with E-state index in [0.717, 1.165) is 24.3 Å². The van der Waals surface area contributed by atoms with Crippen LogP contribution in [0.1, 0.15) is 46.9 Å². The molecule has 1 heterocycles. The van der Waals surface area contributed by atoms with Gasteiger partial charge in [-0.05, 0) is 38.8 Å². The maximum Gasteiger partial charge on any atom is 0.273 e. The Morgan fingerprint density at radius 3 is 2.58 bits per heavy atom. The molecule has 0 aliphatic rings. The molecule has 0 aliphatic heterocycles. The second-order valence-electron chi connectivity index (χ2n) is 6.01. The topological polar surface area (TPSA) is 59.2 Å². The lowest BCUT2D eigenvalue weighted by Crippen LogP contribution is -2.41. The molecular formula is C19H27N3OS. The Bertz CT molecular complexity index is 651. The van der Waals surface area contributed by atoms with Gasteiger partial charge in [0.1, 0.15) is 5.69 Å². The van der Waals surface area contributed by atoms with E-state index in [-0.39, 0.29) is 11.9 Å². The van der Waals surface area contributed by atoms with E-state index in [1.54, 1.807) is 0 Å². The number of benzene rings is 1. The van der Waals surface area contributed by atoms with Crippen molar-refractivity contribution >= 4 is 17.2 Å². The molecule has 2 N–H and O–H groups in total. The minimum atomic E-state index is 0.0241. The van der Waals surface area contributed by atoms with Crippen molar-refractivity contribution in [3.63, 3.8) is 0 Å². The largest absolute Gasteiger partial charge is 0.334 e. The van der Waals surface area contributed by atoms with E-state index in [1.165, 1.54) is 22.5 Å². The Balaban J connectivity index is 2.13. The van der Waals surface area contributed by atoms with Gasteiger partial charge in [-0.1, -0.05) is 36.8 Å². The molecule has 0 spiro atoms. The van der Waals surface area contributed by atoms with Crippen molar-refractivity contribution < 1.29 is 4.79 Å². The van der Waals surface area contributed by atoms with Crippen molar-refractivity contribution in [2.75, 3.05) is 13.1 Å². The van der Waals surface area contributed by atoms with Crippen LogP contribution in [0.3, 0.4) is 0 Å². The highest BCUT2D eigenvalue weighted by Gasteiger charge is 2.24. The molecule has 0 aliphatic carbocycles. The molecule has 4 nitrogen and oxygen atoms in total. The summed E-state index contributed by atoms with van der Waals surface area (Å²) in [5.41, 5.74) is 8.64. The van der Waals surface area contributed by atoms with Crippen LogP contribution < -0.4 is 5.73 Å². The number of carbonyl (C=O) groups excluding carboxylic acids is 1. The first-order valence-electron chi connectivity index (χ1n) is 8.60. The van der Waals surface area contributed by atoms with Crippen molar-refractivity contribution in [2.45, 2.75) is 46.1 Å². The fourth-order valence-electron chi connectivity index (χ4n) is 2.83. The minimum Gasteiger partial charge on any atom is -0.334 e. The Hall–Kier alpha value is -1.72. The average Bonchev–Trinajstić information content (AvgIpc) is 3.05. The van der Waals surface area contributed by atoms with E-state index in [4.69, 9.17) is 5.73 Å². The molecule has 1 atom stereocenters. The highest BCUT2D eigenvalue weighted by molar-refractivity contribution is 7.09. The number of aryl methyl sites for hydroxylation is 1. The van der Waals surface area contributed by atoms with Crippen LogP contribution in [0, 0.1) is 6.92 Å². The van der Waals surface area contributed by atoms with E-state index in [1.807, 2.05) is 17.2 Å². The van der Waals surface area contributed by atoms with Crippen molar-refractivity contribution in [3.8, 4) is 0 Å². The van der Waals surface area contributed by atoms with Gasteiger partial charge in [-0.3, -0.25) is 4.79 Å². The van der Waals surface area contributed by atoms with Crippen molar-refractivity contribution in [2.24, 2.45) is 5.73 Å². The summed E-state index contributed by atoms with van der Waals surface area (Å²) in [6, 6.07) is 8.74. The lowest BCUT2D eigenvalue weighted by atomic mass is 10.0. The van der Waals surface area contributed by atoms with Crippen LogP contribution in [-0.2, 0) is 12.8 Å². The third-order valence-corrected chi connectivity index (χ3v) is 5.14. The van der Waals surface area contributed by atoms with Gasteiger partial charge in [0.05, 0.1) is 5.01 Å². The summed E-state index contributed by atoms with van der Waals surface area (Å²) in [4.78, 5) is 19.3. The van der Waals surface area contributed by atoms with E-state index < -0.39 is 0 Å². The second-order valence-corrected chi connectivity index (χ2v) is 6.95. The van der Waals surface area contributed by atoms with Crippen LogP contribution in [0.15, 0.2) is 29.6 Å². The van der Waals surface area contributed by atoms with E-state index in [9.17, 15) is 4.79 Å². The Labute approximate surface area is 148 Å². The van der Waals surface area contributed by atoms with E-state index in [2.05, 4.69) is 43.1 Å².